The molecule has 0 radical (unpaired) electrons. The predicted molar refractivity (Wildman–Crippen MR) is 118 cm³/mol. The van der Waals surface area contributed by atoms with Crippen LogP contribution in [0.3, 0.4) is 0 Å². The van der Waals surface area contributed by atoms with Gasteiger partial charge < -0.3 is 4.74 Å². The van der Waals surface area contributed by atoms with Crippen molar-refractivity contribution in [2.24, 2.45) is 0 Å². The van der Waals surface area contributed by atoms with Crippen LogP contribution < -0.4 is 31.3 Å². The molecule has 2 aromatic carbocycles. The van der Waals surface area contributed by atoms with Gasteiger partial charge >= 0.3 is 170 Å². The van der Waals surface area contributed by atoms with Crippen LogP contribution >= 0.6 is 11.3 Å². The van der Waals surface area contributed by atoms with Crippen LogP contribution in [0.5, 0.6) is 5.75 Å². The van der Waals surface area contributed by atoms with Crippen LogP contribution in [0.15, 0.2) is 60.8 Å². The van der Waals surface area contributed by atoms with Crippen LogP contribution in [-0.2, 0) is 4.74 Å². The third kappa shape index (κ3) is 5.78. The van der Waals surface area contributed by atoms with E-state index in [4.69, 9.17) is 9.47 Å². The molecular formula is C23H21IN3O3S-. The molecule has 0 aliphatic carbocycles. The molecule has 0 bridgehead atoms. The molecule has 4 aromatic rings. The molecule has 8 heteroatoms. The Kier molecular flexibility index (Phi) is 7.10. The molecule has 4 rings (SSSR count). The molecule has 0 fully saturated rings. The number of pyridine rings is 1. The Hall–Kier alpha value is -2.56. The van der Waals surface area contributed by atoms with E-state index in [9.17, 15) is 4.79 Å². The summed E-state index contributed by atoms with van der Waals surface area (Å²) in [6, 6.07) is 17.9. The molecule has 0 saturated heterocycles. The predicted octanol–water partition coefficient (Wildman–Crippen LogP) is 1.75. The number of carbonyl (C=O) groups is 1. The topological polar surface area (TPSA) is 73.3 Å². The van der Waals surface area contributed by atoms with E-state index in [1.165, 1.54) is 24.0 Å². The van der Waals surface area contributed by atoms with Gasteiger partial charge in [0.1, 0.15) is 0 Å². The fourth-order valence-corrected chi connectivity index (χ4v) is 5.66. The second-order valence-corrected chi connectivity index (χ2v) is 10.7. The van der Waals surface area contributed by atoms with E-state index < -0.39 is 0 Å². The summed E-state index contributed by atoms with van der Waals surface area (Å²) in [4.78, 5) is 21.4. The number of halogens is 1. The van der Waals surface area contributed by atoms with Gasteiger partial charge in [0.25, 0.3) is 0 Å². The third-order valence-corrected chi connectivity index (χ3v) is 7.82. The Labute approximate surface area is 194 Å². The molecule has 0 atom stereocenters. The Morgan fingerprint density at radius 1 is 1.10 bits per heavy atom. The summed E-state index contributed by atoms with van der Waals surface area (Å²) in [6.07, 6.45) is 1.79. The van der Waals surface area contributed by atoms with Crippen LogP contribution in [0.25, 0.3) is 10.2 Å². The number of hydrogen-bond donors (Lipinski definition) is 1. The molecule has 0 spiro atoms. The zero-order chi connectivity index (χ0) is 21.6. The number of aromatic nitrogens is 2. The summed E-state index contributed by atoms with van der Waals surface area (Å²) < 4.78 is 14.2. The number of nitrogens with zero attached hydrogens (tertiary/aromatic N) is 2. The molecule has 0 aliphatic heterocycles. The minimum atomic E-state index is -0.315. The van der Waals surface area contributed by atoms with Crippen molar-refractivity contribution < 1.29 is 35.5 Å². The van der Waals surface area contributed by atoms with Crippen molar-refractivity contribution in [2.45, 2.75) is 13.8 Å². The van der Waals surface area contributed by atoms with Crippen molar-refractivity contribution in [3.8, 4) is 5.75 Å². The zero-order valence-corrected chi connectivity index (χ0v) is 20.1. The molecule has 6 nitrogen and oxygen atoms in total. The number of hydrogen-bond acceptors (Lipinski definition) is 6. The van der Waals surface area contributed by atoms with Gasteiger partial charge in [-0.3, -0.25) is 0 Å². The van der Waals surface area contributed by atoms with Gasteiger partial charge in [0, 0.05) is 6.61 Å². The quantitative estimate of drug-likeness (QED) is 0.207. The van der Waals surface area contributed by atoms with Crippen LogP contribution in [0.4, 0.5) is 5.13 Å². The third-order valence-electron chi connectivity index (χ3n) is 4.28. The average molecular weight is 546 g/mol. The number of anilines is 1. The van der Waals surface area contributed by atoms with Gasteiger partial charge in [-0.05, 0) is 6.92 Å². The van der Waals surface area contributed by atoms with Gasteiger partial charge in [-0.15, -0.1) is 0 Å². The maximum atomic E-state index is 12.6. The summed E-state index contributed by atoms with van der Waals surface area (Å²) in [5.74, 6) is 0.434. The second kappa shape index (κ2) is 10.2. The van der Waals surface area contributed by atoms with Crippen molar-refractivity contribution in [3.63, 3.8) is 0 Å². The first kappa shape index (κ1) is 21.7. The van der Waals surface area contributed by atoms with E-state index in [1.54, 1.807) is 12.3 Å². The molecule has 31 heavy (non-hydrogen) atoms. The van der Waals surface area contributed by atoms with Crippen LogP contribution in [0.2, 0.25) is 0 Å². The van der Waals surface area contributed by atoms with Crippen LogP contribution in [0, 0.1) is 14.1 Å². The number of benzene rings is 2. The number of nitrogens with one attached hydrogen (secondary N) is 1. The van der Waals surface area contributed by atoms with E-state index in [-0.39, 0.29) is 33.9 Å². The van der Waals surface area contributed by atoms with Gasteiger partial charge in [0.15, 0.2) is 6.79 Å². The van der Waals surface area contributed by atoms with E-state index >= 15 is 0 Å². The fourth-order valence-electron chi connectivity index (χ4n) is 2.69. The normalized spacial score (nSPS) is 11.0. The Balaban J connectivity index is 1.40. The number of amides is 1. The summed E-state index contributed by atoms with van der Waals surface area (Å²) in [6.45, 7) is 4.80. The maximum absolute atomic E-state index is 12.6. The number of carbonyl (C=O) groups excluding carboxylic acids is 1. The van der Waals surface area contributed by atoms with Gasteiger partial charge in [-0.2, -0.15) is 0 Å². The van der Waals surface area contributed by atoms with Crippen LogP contribution in [-0.4, -0.2) is 29.3 Å². The summed E-state index contributed by atoms with van der Waals surface area (Å²) >= 11 is 1.08. The molecule has 0 saturated carbocycles. The molecule has 2 aromatic heterocycles. The Morgan fingerprint density at radius 3 is 2.65 bits per heavy atom. The van der Waals surface area contributed by atoms with Crippen molar-refractivity contribution in [3.05, 3.63) is 79.2 Å². The fraction of sp³-hybridized carbons (Fsp3) is 0.174. The minimum absolute atomic E-state index is 0.207. The molecule has 160 valence electrons. The molecular weight excluding hydrogens is 525 g/mol. The molecule has 1 amide bonds. The summed E-state index contributed by atoms with van der Waals surface area (Å²) in [5, 5.41) is 3.37. The number of thiazole rings is 1. The molecule has 0 unspecified atom stereocenters. The number of ether oxygens (including phenoxy) is 2. The van der Waals surface area contributed by atoms with Crippen LogP contribution in [0.1, 0.15) is 23.0 Å². The first-order chi connectivity index (χ1) is 15.1. The standard InChI is InChI=1S/C23H21IN3O3S/c1-3-29-14-30-18-9-11-19-21(12-18)31-23(26-19)27-22(28)20-10-8-17(13-25-20)24-16-6-4-15(2)5-7-16/h4-13H,3,14H2,1-2H3,(H,26,27,28)/q-1. The second-order valence-electron chi connectivity index (χ2n) is 6.61. The summed E-state index contributed by atoms with van der Waals surface area (Å²) in [5.41, 5.74) is 2.42. The van der Waals surface area contributed by atoms with E-state index in [1.807, 2.05) is 31.2 Å². The zero-order valence-electron chi connectivity index (χ0n) is 17.1. The van der Waals surface area contributed by atoms with Gasteiger partial charge in [0.2, 0.25) is 0 Å². The number of aryl methyl sites for hydroxylation is 1. The van der Waals surface area contributed by atoms with Crippen molar-refractivity contribution >= 4 is 32.6 Å². The van der Waals surface area contributed by atoms with Gasteiger partial charge in [0.05, 0.1) is 0 Å². The number of rotatable bonds is 8. The van der Waals surface area contributed by atoms with Crippen molar-refractivity contribution in [2.75, 3.05) is 18.7 Å². The van der Waals surface area contributed by atoms with Gasteiger partial charge in [-0.1, -0.05) is 0 Å². The molecule has 2 heterocycles. The Bertz CT molecular complexity index is 1180. The average Bonchev–Trinajstić information content (AvgIpc) is 3.17. The first-order valence-electron chi connectivity index (χ1n) is 9.71. The van der Waals surface area contributed by atoms with E-state index in [2.05, 4.69) is 46.5 Å². The summed E-state index contributed by atoms with van der Waals surface area (Å²) in [7, 11) is 0. The molecule has 0 aliphatic rings. The van der Waals surface area contributed by atoms with E-state index in [0.717, 1.165) is 10.2 Å². The number of fused-ring (bicyclic) bond motifs is 1. The monoisotopic (exact) mass is 546 g/mol. The first-order valence-corrected chi connectivity index (χ1v) is 12.7. The van der Waals surface area contributed by atoms with Crippen molar-refractivity contribution in [1.29, 1.82) is 0 Å². The van der Waals surface area contributed by atoms with Crippen molar-refractivity contribution in [1.82, 2.24) is 9.97 Å². The Morgan fingerprint density at radius 2 is 1.90 bits per heavy atom. The molecule has 1 N–H and O–H groups in total. The van der Waals surface area contributed by atoms with Gasteiger partial charge in [-0.25, -0.2) is 0 Å². The van der Waals surface area contributed by atoms with E-state index in [0.29, 0.717) is 23.2 Å². The SMILES string of the molecule is CCOCOc1ccc2nc(NC(=O)c3ccc([I-]c4ccc(C)cc4)cn3)sc2c1.